The standard InChI is InChI=1S/C21H17Cl2NO2/c22-14-10-9-13(17(23)11-14)12-26-21(25)20-15-5-1-3-7-18(15)24-19-8-4-2-6-16(19)20/h1,3,5,7,9-11H,2,4,6,8,12H2. The fourth-order valence-electron chi connectivity index (χ4n) is 3.46. The van der Waals surface area contributed by atoms with Gasteiger partial charge in [0.1, 0.15) is 6.61 Å². The molecule has 1 aliphatic rings. The van der Waals surface area contributed by atoms with E-state index in [1.165, 1.54) is 0 Å². The first-order valence-electron chi connectivity index (χ1n) is 8.65. The van der Waals surface area contributed by atoms with Crippen LogP contribution in [0, 0.1) is 0 Å². The lowest BCUT2D eigenvalue weighted by Crippen LogP contribution is -2.15. The Labute approximate surface area is 161 Å². The molecular weight excluding hydrogens is 369 g/mol. The van der Waals surface area contributed by atoms with Crippen LogP contribution in [0.4, 0.5) is 0 Å². The highest BCUT2D eigenvalue weighted by Gasteiger charge is 2.23. The van der Waals surface area contributed by atoms with Gasteiger partial charge in [-0.25, -0.2) is 4.79 Å². The van der Waals surface area contributed by atoms with Crippen molar-refractivity contribution in [3.8, 4) is 0 Å². The molecule has 0 bridgehead atoms. The second-order valence-corrected chi connectivity index (χ2v) is 7.29. The second kappa shape index (κ2) is 7.26. The van der Waals surface area contributed by atoms with Crippen molar-refractivity contribution in [2.75, 3.05) is 0 Å². The Morgan fingerprint density at radius 2 is 1.88 bits per heavy atom. The van der Waals surface area contributed by atoms with Crippen LogP contribution in [-0.2, 0) is 24.2 Å². The summed E-state index contributed by atoms with van der Waals surface area (Å²) in [6.45, 7) is 0.111. The Balaban J connectivity index is 1.70. The molecule has 1 aliphatic carbocycles. The third kappa shape index (κ3) is 3.29. The number of fused-ring (bicyclic) bond motifs is 2. The fraction of sp³-hybridized carbons (Fsp3) is 0.238. The summed E-state index contributed by atoms with van der Waals surface area (Å²) in [6, 6.07) is 12.9. The van der Waals surface area contributed by atoms with Crippen LogP contribution in [0.2, 0.25) is 10.0 Å². The van der Waals surface area contributed by atoms with Crippen LogP contribution in [0.25, 0.3) is 10.9 Å². The van der Waals surface area contributed by atoms with Gasteiger partial charge in [-0.3, -0.25) is 4.98 Å². The van der Waals surface area contributed by atoms with Crippen molar-refractivity contribution < 1.29 is 9.53 Å². The Bertz CT molecular complexity index is 1000. The summed E-state index contributed by atoms with van der Waals surface area (Å²) < 4.78 is 5.61. The normalized spacial score (nSPS) is 13.5. The predicted octanol–water partition coefficient (Wildman–Crippen LogP) is 5.78. The molecule has 1 heterocycles. The number of rotatable bonds is 3. The minimum absolute atomic E-state index is 0.111. The van der Waals surface area contributed by atoms with Crippen molar-refractivity contribution in [3.63, 3.8) is 0 Å². The number of hydrogen-bond donors (Lipinski definition) is 0. The summed E-state index contributed by atoms with van der Waals surface area (Å²) in [7, 11) is 0. The molecule has 0 atom stereocenters. The zero-order valence-electron chi connectivity index (χ0n) is 14.1. The van der Waals surface area contributed by atoms with Crippen LogP contribution in [0.3, 0.4) is 0 Å². The molecule has 1 aromatic heterocycles. The molecule has 3 nitrogen and oxygen atoms in total. The average Bonchev–Trinajstić information content (AvgIpc) is 2.65. The van der Waals surface area contributed by atoms with Gasteiger partial charge >= 0.3 is 5.97 Å². The average molecular weight is 386 g/mol. The third-order valence-corrected chi connectivity index (χ3v) is 5.33. The summed E-state index contributed by atoms with van der Waals surface area (Å²) in [5.74, 6) is -0.326. The number of para-hydroxylation sites is 1. The van der Waals surface area contributed by atoms with Gasteiger partial charge in [-0.2, -0.15) is 0 Å². The molecule has 4 rings (SSSR count). The molecule has 0 fully saturated rings. The molecule has 0 saturated heterocycles. The number of hydrogen-bond acceptors (Lipinski definition) is 3. The van der Waals surface area contributed by atoms with Crippen LogP contribution in [0.15, 0.2) is 42.5 Å². The topological polar surface area (TPSA) is 39.2 Å². The summed E-state index contributed by atoms with van der Waals surface area (Å²) in [4.78, 5) is 17.7. The van der Waals surface area contributed by atoms with E-state index in [2.05, 4.69) is 0 Å². The molecule has 0 radical (unpaired) electrons. The van der Waals surface area contributed by atoms with Crippen LogP contribution in [0.5, 0.6) is 0 Å². The van der Waals surface area contributed by atoms with Crippen LogP contribution in [0.1, 0.15) is 40.0 Å². The predicted molar refractivity (Wildman–Crippen MR) is 104 cm³/mol. The number of aryl methyl sites for hydroxylation is 1. The zero-order valence-corrected chi connectivity index (χ0v) is 15.6. The van der Waals surface area contributed by atoms with Gasteiger partial charge in [-0.1, -0.05) is 47.5 Å². The first-order chi connectivity index (χ1) is 12.6. The smallest absolute Gasteiger partial charge is 0.339 e. The number of pyridine rings is 1. The summed E-state index contributed by atoms with van der Waals surface area (Å²) in [5, 5.41) is 1.89. The number of halogens is 2. The molecule has 5 heteroatoms. The van der Waals surface area contributed by atoms with Gasteiger partial charge in [0.05, 0.1) is 11.1 Å². The van der Waals surface area contributed by atoms with Crippen molar-refractivity contribution in [3.05, 3.63) is 74.9 Å². The van der Waals surface area contributed by atoms with Crippen molar-refractivity contribution in [2.24, 2.45) is 0 Å². The minimum atomic E-state index is -0.326. The quantitative estimate of drug-likeness (QED) is 0.536. The maximum atomic E-state index is 13.0. The molecule has 26 heavy (non-hydrogen) atoms. The second-order valence-electron chi connectivity index (χ2n) is 6.45. The maximum Gasteiger partial charge on any atom is 0.339 e. The Hall–Kier alpha value is -2.10. The van der Waals surface area contributed by atoms with Crippen molar-refractivity contribution >= 4 is 40.1 Å². The molecule has 0 unspecified atom stereocenters. The molecule has 2 aromatic carbocycles. The number of carbonyl (C=O) groups is 1. The number of esters is 1. The monoisotopic (exact) mass is 385 g/mol. The summed E-state index contributed by atoms with van der Waals surface area (Å²) in [6.07, 6.45) is 3.94. The molecule has 0 N–H and O–H groups in total. The molecule has 0 spiro atoms. The Kier molecular flexibility index (Phi) is 4.84. The van der Waals surface area contributed by atoms with E-state index in [1.54, 1.807) is 18.2 Å². The van der Waals surface area contributed by atoms with Crippen molar-refractivity contribution in [2.45, 2.75) is 32.3 Å². The van der Waals surface area contributed by atoms with E-state index in [0.717, 1.165) is 53.4 Å². The van der Waals surface area contributed by atoms with E-state index < -0.39 is 0 Å². The maximum absolute atomic E-state index is 13.0. The van der Waals surface area contributed by atoms with Gasteiger partial charge in [-0.05, 0) is 49.4 Å². The van der Waals surface area contributed by atoms with E-state index in [9.17, 15) is 4.79 Å². The molecule has 0 saturated carbocycles. The lowest BCUT2D eigenvalue weighted by molar-refractivity contribution is 0.0473. The van der Waals surface area contributed by atoms with Gasteiger partial charge in [0, 0.05) is 26.7 Å². The van der Waals surface area contributed by atoms with Crippen LogP contribution >= 0.6 is 23.2 Å². The highest BCUT2D eigenvalue weighted by atomic mass is 35.5. The van der Waals surface area contributed by atoms with E-state index in [0.29, 0.717) is 15.6 Å². The fourth-order valence-corrected chi connectivity index (χ4v) is 3.92. The Morgan fingerprint density at radius 1 is 1.08 bits per heavy atom. The molecule has 132 valence electrons. The minimum Gasteiger partial charge on any atom is -0.457 e. The number of carbonyl (C=O) groups excluding carboxylic acids is 1. The first kappa shape index (κ1) is 17.3. The number of aromatic nitrogens is 1. The Morgan fingerprint density at radius 3 is 2.73 bits per heavy atom. The van der Waals surface area contributed by atoms with Gasteiger partial charge in [-0.15, -0.1) is 0 Å². The summed E-state index contributed by atoms with van der Waals surface area (Å²) >= 11 is 12.1. The first-order valence-corrected chi connectivity index (χ1v) is 9.40. The molecule has 0 amide bonds. The van der Waals surface area contributed by atoms with Crippen LogP contribution < -0.4 is 0 Å². The van der Waals surface area contributed by atoms with E-state index >= 15 is 0 Å². The van der Waals surface area contributed by atoms with Crippen molar-refractivity contribution in [1.82, 2.24) is 4.98 Å². The van der Waals surface area contributed by atoms with Gasteiger partial charge in [0.25, 0.3) is 0 Å². The lowest BCUT2D eigenvalue weighted by Gasteiger charge is -2.20. The number of ether oxygens (including phenoxy) is 1. The number of nitrogens with zero attached hydrogens (tertiary/aromatic N) is 1. The molecular formula is C21H17Cl2NO2. The van der Waals surface area contributed by atoms with E-state index in [4.69, 9.17) is 32.9 Å². The highest BCUT2D eigenvalue weighted by molar-refractivity contribution is 6.35. The van der Waals surface area contributed by atoms with E-state index in [1.807, 2.05) is 24.3 Å². The van der Waals surface area contributed by atoms with Crippen LogP contribution in [-0.4, -0.2) is 11.0 Å². The third-order valence-electron chi connectivity index (χ3n) is 4.75. The van der Waals surface area contributed by atoms with Gasteiger partial charge < -0.3 is 4.74 Å². The van der Waals surface area contributed by atoms with Gasteiger partial charge in [0.2, 0.25) is 0 Å². The highest BCUT2D eigenvalue weighted by Crippen LogP contribution is 2.30. The lowest BCUT2D eigenvalue weighted by atomic mass is 9.90. The molecule has 3 aromatic rings. The zero-order chi connectivity index (χ0) is 18.1. The SMILES string of the molecule is O=C(OCc1ccc(Cl)cc1Cl)c1c2c(nc3ccccc13)CCCC2. The largest absolute Gasteiger partial charge is 0.457 e. The number of benzene rings is 2. The van der Waals surface area contributed by atoms with Gasteiger partial charge in [0.15, 0.2) is 0 Å². The van der Waals surface area contributed by atoms with Crippen molar-refractivity contribution in [1.29, 1.82) is 0 Å². The molecule has 0 aliphatic heterocycles. The van der Waals surface area contributed by atoms with E-state index in [-0.39, 0.29) is 12.6 Å². The summed E-state index contributed by atoms with van der Waals surface area (Å²) in [5.41, 5.74) is 4.27.